The number of phenols is 2. The molecule has 0 unspecified atom stereocenters. The Morgan fingerprint density at radius 1 is 1.41 bits per heavy atom. The zero-order valence-corrected chi connectivity index (χ0v) is 9.36. The van der Waals surface area contributed by atoms with Gasteiger partial charge in [0.15, 0.2) is 5.43 Å². The van der Waals surface area contributed by atoms with E-state index < -0.39 is 0 Å². The van der Waals surface area contributed by atoms with Gasteiger partial charge in [-0.15, -0.1) is 6.58 Å². The maximum Gasteiger partial charge on any atom is 0.196 e. The molecule has 1 aromatic carbocycles. The molecule has 0 atom stereocenters. The van der Waals surface area contributed by atoms with E-state index in [1.165, 1.54) is 18.2 Å². The van der Waals surface area contributed by atoms with Crippen LogP contribution in [0.2, 0.25) is 0 Å². The maximum absolute atomic E-state index is 11.8. The van der Waals surface area contributed by atoms with Crippen molar-refractivity contribution in [3.8, 4) is 11.5 Å². The Kier molecular flexibility index (Phi) is 2.63. The normalized spacial score (nSPS) is 10.6. The van der Waals surface area contributed by atoms with Crippen LogP contribution in [0.1, 0.15) is 11.3 Å². The van der Waals surface area contributed by atoms with Crippen LogP contribution in [0.25, 0.3) is 11.0 Å². The summed E-state index contributed by atoms with van der Waals surface area (Å²) in [5.41, 5.74) is 0.132. The molecule has 0 fully saturated rings. The number of fused-ring (bicyclic) bond motifs is 1. The summed E-state index contributed by atoms with van der Waals surface area (Å²) in [4.78, 5) is 11.8. The molecule has 88 valence electrons. The van der Waals surface area contributed by atoms with Crippen molar-refractivity contribution in [2.45, 2.75) is 13.3 Å². The monoisotopic (exact) mass is 232 g/mol. The smallest absolute Gasteiger partial charge is 0.196 e. The van der Waals surface area contributed by atoms with Crippen LogP contribution in [0.15, 0.2) is 34.0 Å². The predicted octanol–water partition coefficient (Wildman–Crippen LogP) is 2.24. The van der Waals surface area contributed by atoms with E-state index in [1.807, 2.05) is 0 Å². The third kappa shape index (κ3) is 1.78. The van der Waals surface area contributed by atoms with E-state index >= 15 is 0 Å². The van der Waals surface area contributed by atoms with Gasteiger partial charge in [0, 0.05) is 17.7 Å². The predicted molar refractivity (Wildman–Crippen MR) is 64.5 cm³/mol. The summed E-state index contributed by atoms with van der Waals surface area (Å²) < 4.78 is 5.29. The molecule has 0 aliphatic carbocycles. The van der Waals surface area contributed by atoms with Gasteiger partial charge >= 0.3 is 0 Å². The molecule has 0 saturated carbocycles. The molecular weight excluding hydrogens is 220 g/mol. The number of hydrogen-bond acceptors (Lipinski definition) is 4. The van der Waals surface area contributed by atoms with Crippen molar-refractivity contribution in [3.63, 3.8) is 0 Å². The van der Waals surface area contributed by atoms with Crippen molar-refractivity contribution >= 4 is 11.0 Å². The summed E-state index contributed by atoms with van der Waals surface area (Å²) >= 11 is 0. The zero-order chi connectivity index (χ0) is 12.6. The van der Waals surface area contributed by atoms with Gasteiger partial charge in [-0.1, -0.05) is 6.08 Å². The molecule has 2 N–H and O–H groups in total. The fourth-order valence-electron chi connectivity index (χ4n) is 1.80. The van der Waals surface area contributed by atoms with Crippen LogP contribution in [-0.4, -0.2) is 10.2 Å². The molecule has 2 aromatic rings. The molecule has 0 spiro atoms. The van der Waals surface area contributed by atoms with Crippen LogP contribution >= 0.6 is 0 Å². The minimum atomic E-state index is -0.327. The molecule has 4 heteroatoms. The lowest BCUT2D eigenvalue weighted by atomic mass is 10.1. The molecule has 2 rings (SSSR count). The second kappa shape index (κ2) is 3.97. The Hall–Kier alpha value is -2.23. The van der Waals surface area contributed by atoms with Crippen molar-refractivity contribution in [3.05, 3.63) is 46.3 Å². The standard InChI is InChI=1S/C13H12O4/c1-3-4-8-9(14)6-11-12(13(8)16)10(15)5-7(2)17-11/h3,5-6,14,16H,1,4H2,2H3. The molecule has 1 heterocycles. The molecule has 1 aromatic heterocycles. The number of hydrogen-bond donors (Lipinski definition) is 2. The Labute approximate surface area is 97.4 Å². The Balaban J connectivity index is 2.92. The second-order valence-electron chi connectivity index (χ2n) is 3.81. The summed E-state index contributed by atoms with van der Waals surface area (Å²) in [6.45, 7) is 5.16. The lowest BCUT2D eigenvalue weighted by molar-refractivity contribution is 0.442. The average Bonchev–Trinajstić information content (AvgIpc) is 2.22. The Morgan fingerprint density at radius 2 is 2.12 bits per heavy atom. The number of aromatic hydroxyl groups is 2. The molecule has 0 aliphatic heterocycles. The van der Waals surface area contributed by atoms with Gasteiger partial charge in [0.05, 0.1) is 0 Å². The van der Waals surface area contributed by atoms with Gasteiger partial charge < -0.3 is 14.6 Å². The van der Waals surface area contributed by atoms with Gasteiger partial charge in [0.1, 0.15) is 28.2 Å². The first-order valence-electron chi connectivity index (χ1n) is 5.13. The van der Waals surface area contributed by atoms with Crippen molar-refractivity contribution in [1.82, 2.24) is 0 Å². The van der Waals surface area contributed by atoms with Gasteiger partial charge in [0.2, 0.25) is 0 Å². The number of rotatable bonds is 2. The molecule has 17 heavy (non-hydrogen) atoms. The van der Waals surface area contributed by atoms with E-state index in [1.54, 1.807) is 6.92 Å². The first-order chi connectivity index (χ1) is 8.04. The third-order valence-corrected chi connectivity index (χ3v) is 2.55. The fraction of sp³-hybridized carbons (Fsp3) is 0.154. The van der Waals surface area contributed by atoms with Crippen LogP contribution in [0.3, 0.4) is 0 Å². The van der Waals surface area contributed by atoms with Crippen LogP contribution in [0, 0.1) is 6.92 Å². The van der Waals surface area contributed by atoms with E-state index in [0.717, 1.165) is 0 Å². The highest BCUT2D eigenvalue weighted by molar-refractivity contribution is 5.86. The van der Waals surface area contributed by atoms with Gasteiger partial charge in [-0.3, -0.25) is 4.79 Å². The highest BCUT2D eigenvalue weighted by atomic mass is 16.3. The minimum Gasteiger partial charge on any atom is -0.507 e. The van der Waals surface area contributed by atoms with Crippen molar-refractivity contribution < 1.29 is 14.6 Å². The van der Waals surface area contributed by atoms with Crippen LogP contribution < -0.4 is 5.43 Å². The van der Waals surface area contributed by atoms with Gasteiger partial charge in [-0.25, -0.2) is 0 Å². The minimum absolute atomic E-state index is 0.0882. The van der Waals surface area contributed by atoms with E-state index in [-0.39, 0.29) is 39.9 Å². The largest absolute Gasteiger partial charge is 0.507 e. The van der Waals surface area contributed by atoms with E-state index in [0.29, 0.717) is 5.76 Å². The molecule has 0 radical (unpaired) electrons. The third-order valence-electron chi connectivity index (χ3n) is 2.55. The summed E-state index contributed by atoms with van der Waals surface area (Å²) in [6.07, 6.45) is 1.82. The van der Waals surface area contributed by atoms with E-state index in [4.69, 9.17) is 4.42 Å². The van der Waals surface area contributed by atoms with Crippen LogP contribution in [0.5, 0.6) is 11.5 Å². The molecule has 0 aliphatic rings. The maximum atomic E-state index is 11.8. The quantitative estimate of drug-likeness (QED) is 0.779. The van der Waals surface area contributed by atoms with Crippen LogP contribution in [-0.2, 0) is 6.42 Å². The first-order valence-corrected chi connectivity index (χ1v) is 5.13. The summed E-state index contributed by atoms with van der Waals surface area (Å²) in [7, 11) is 0. The second-order valence-corrected chi connectivity index (χ2v) is 3.81. The van der Waals surface area contributed by atoms with Crippen molar-refractivity contribution in [2.75, 3.05) is 0 Å². The summed E-state index contributed by atoms with van der Waals surface area (Å²) in [5.74, 6) is 0.0788. The van der Waals surface area contributed by atoms with Gasteiger partial charge in [0.25, 0.3) is 0 Å². The lowest BCUT2D eigenvalue weighted by Gasteiger charge is -2.08. The number of aryl methyl sites for hydroxylation is 1. The molecule has 0 bridgehead atoms. The molecule has 4 nitrogen and oxygen atoms in total. The lowest BCUT2D eigenvalue weighted by Crippen LogP contribution is -2.02. The van der Waals surface area contributed by atoms with Gasteiger partial charge in [-0.05, 0) is 13.3 Å². The highest BCUT2D eigenvalue weighted by Crippen LogP contribution is 2.34. The van der Waals surface area contributed by atoms with Crippen molar-refractivity contribution in [1.29, 1.82) is 0 Å². The summed E-state index contributed by atoms with van der Waals surface area (Å²) in [6, 6.07) is 2.64. The molecular formula is C13H12O4. The SMILES string of the molecule is C=CCc1c(O)cc2oc(C)cc(=O)c2c1O. The van der Waals surface area contributed by atoms with E-state index in [2.05, 4.69) is 6.58 Å². The van der Waals surface area contributed by atoms with E-state index in [9.17, 15) is 15.0 Å². The van der Waals surface area contributed by atoms with Crippen molar-refractivity contribution in [2.24, 2.45) is 0 Å². The van der Waals surface area contributed by atoms with Gasteiger partial charge in [-0.2, -0.15) is 0 Å². The highest BCUT2D eigenvalue weighted by Gasteiger charge is 2.15. The number of benzene rings is 1. The van der Waals surface area contributed by atoms with Crippen LogP contribution in [0.4, 0.5) is 0 Å². The average molecular weight is 232 g/mol. The molecule has 0 amide bonds. The summed E-state index contributed by atoms with van der Waals surface area (Å²) in [5, 5.41) is 19.8. The Bertz CT molecular complexity index is 652. The first kappa shape index (κ1) is 11.3. The number of phenolic OH excluding ortho intramolecular Hbond substituents is 2. The zero-order valence-electron chi connectivity index (χ0n) is 9.36. The fourth-order valence-corrected chi connectivity index (χ4v) is 1.80. The molecule has 0 saturated heterocycles. The number of allylic oxidation sites excluding steroid dienone is 1. The Morgan fingerprint density at radius 3 is 2.76 bits per heavy atom. The topological polar surface area (TPSA) is 70.7 Å².